The molecule has 3 nitrogen and oxygen atoms in total. The third-order valence-corrected chi connectivity index (χ3v) is 5.80. The number of benzene rings is 1. The number of rotatable bonds is 14. The molecule has 0 fully saturated rings. The van der Waals surface area contributed by atoms with Gasteiger partial charge in [-0.15, -0.1) is 11.6 Å². The highest BCUT2D eigenvalue weighted by atomic mass is 35.5. The highest BCUT2D eigenvalue weighted by Crippen LogP contribution is 2.23. The largest absolute Gasteiger partial charge is 0.425 e. The quantitative estimate of drug-likeness (QED) is 0.128. The Morgan fingerprint density at radius 1 is 0.935 bits per heavy atom. The molecule has 0 bridgehead atoms. The molecule has 0 saturated carbocycles. The Morgan fingerprint density at radius 3 is 2.16 bits per heavy atom. The molecule has 0 aliphatic rings. The molecule has 2 rings (SSSR count). The van der Waals surface area contributed by atoms with E-state index < -0.39 is 11.3 Å². The molecule has 0 spiro atoms. The Labute approximate surface area is 193 Å². The van der Waals surface area contributed by atoms with Crippen molar-refractivity contribution in [3.05, 3.63) is 48.2 Å². The smallest absolute Gasteiger partial charge is 0.329 e. The average molecular weight is 444 g/mol. The minimum atomic E-state index is -0.616. The van der Waals surface area contributed by atoms with Crippen molar-refractivity contribution in [2.75, 3.05) is 0 Å². The van der Waals surface area contributed by atoms with Crippen molar-refractivity contribution in [2.24, 2.45) is 5.92 Å². The van der Waals surface area contributed by atoms with E-state index in [1.54, 1.807) is 12.1 Å². The summed E-state index contributed by atoms with van der Waals surface area (Å²) >= 11 is 6.11. The first-order valence-corrected chi connectivity index (χ1v) is 12.3. The fourth-order valence-corrected chi connectivity index (χ4v) is 3.99. The molecule has 1 heterocycles. The molecule has 0 N–H and O–H groups in total. The molecule has 1 atom stereocenters. The zero-order valence-corrected chi connectivity index (χ0v) is 20.2. The molecule has 0 amide bonds. The molecule has 1 unspecified atom stereocenters. The Kier molecular flexibility index (Phi) is 11.7. The van der Waals surface area contributed by atoms with Gasteiger partial charge in [0.15, 0.2) is 0 Å². The second-order valence-electron chi connectivity index (χ2n) is 8.82. The van der Waals surface area contributed by atoms with Gasteiger partial charge in [-0.2, -0.15) is 0 Å². The van der Waals surface area contributed by atoms with Crippen molar-refractivity contribution in [3.63, 3.8) is 0 Å². The number of carbonyl (C=O) groups excluding carboxylic acids is 1. The van der Waals surface area contributed by atoms with Gasteiger partial charge in [0.2, 0.25) is 0 Å². The topological polar surface area (TPSA) is 39.2 Å². The zero-order chi connectivity index (χ0) is 22.5. The average Bonchev–Trinajstić information content (AvgIpc) is 2.76. The van der Waals surface area contributed by atoms with Crippen molar-refractivity contribution in [1.29, 1.82) is 0 Å². The summed E-state index contributed by atoms with van der Waals surface area (Å²) in [4.78, 5) is 16.7. The molecule has 0 radical (unpaired) electrons. The second-order valence-corrected chi connectivity index (χ2v) is 9.35. The van der Waals surface area contributed by atoms with Gasteiger partial charge in [0, 0.05) is 11.8 Å². The Balaban J connectivity index is 1.76. The van der Waals surface area contributed by atoms with Gasteiger partial charge >= 0.3 is 5.97 Å². The van der Waals surface area contributed by atoms with Gasteiger partial charge in [-0.1, -0.05) is 71.8 Å². The maximum absolute atomic E-state index is 12.1. The van der Waals surface area contributed by atoms with Gasteiger partial charge in [-0.05, 0) is 61.1 Å². The number of alkyl halides is 1. The summed E-state index contributed by atoms with van der Waals surface area (Å²) in [5, 5.41) is -0.616. The number of halogens is 1. The second kappa shape index (κ2) is 14.2. The zero-order valence-electron chi connectivity index (χ0n) is 19.4. The number of nitrogens with zero attached hydrogens (tertiary/aromatic N) is 1. The number of esters is 1. The van der Waals surface area contributed by atoms with E-state index in [1.165, 1.54) is 56.9 Å². The lowest BCUT2D eigenvalue weighted by atomic mass is 10.0. The number of pyridine rings is 1. The van der Waals surface area contributed by atoms with Crippen LogP contribution in [0.2, 0.25) is 0 Å². The summed E-state index contributed by atoms with van der Waals surface area (Å²) in [6.07, 6.45) is 14.4. The molecule has 2 aromatic rings. The normalized spacial score (nSPS) is 12.2. The van der Waals surface area contributed by atoms with Gasteiger partial charge < -0.3 is 4.74 Å². The Bertz CT molecular complexity index is 756. The highest BCUT2D eigenvalue weighted by molar-refractivity contribution is 6.30. The number of hydrogen-bond donors (Lipinski definition) is 0. The molecular weight excluding hydrogens is 406 g/mol. The summed E-state index contributed by atoms with van der Waals surface area (Å²) in [5.41, 5.74) is 3.22. The van der Waals surface area contributed by atoms with E-state index in [9.17, 15) is 4.79 Å². The number of ether oxygens (including phenoxy) is 1. The van der Waals surface area contributed by atoms with Crippen LogP contribution in [0.5, 0.6) is 5.75 Å². The summed E-state index contributed by atoms with van der Waals surface area (Å²) in [5.74, 6) is 0.461. The van der Waals surface area contributed by atoms with Crippen LogP contribution in [0, 0.1) is 5.92 Å². The van der Waals surface area contributed by atoms with E-state index >= 15 is 0 Å². The molecule has 31 heavy (non-hydrogen) atoms. The predicted octanol–water partition coefficient (Wildman–Crippen LogP) is 7.99. The standard InChI is InChI=1S/C27H38ClNO2/c1-4-5-6-7-8-9-10-11-12-22-13-18-26(29-20-22)23-14-16-24(17-15-23)31-27(30)25(28)19-21(2)3/h13-18,20-21,25H,4-12,19H2,1-3H3. The van der Waals surface area contributed by atoms with Crippen molar-refractivity contribution < 1.29 is 9.53 Å². The molecule has 1 aromatic heterocycles. The lowest BCUT2D eigenvalue weighted by Gasteiger charge is -2.11. The fourth-order valence-electron chi connectivity index (χ4n) is 3.59. The van der Waals surface area contributed by atoms with Crippen LogP contribution in [0.25, 0.3) is 11.3 Å². The first-order valence-electron chi connectivity index (χ1n) is 11.9. The minimum Gasteiger partial charge on any atom is -0.425 e. The number of aromatic nitrogens is 1. The SMILES string of the molecule is CCCCCCCCCCc1ccc(-c2ccc(OC(=O)C(Cl)CC(C)C)cc2)nc1. The maximum atomic E-state index is 12.1. The molecular formula is C27H38ClNO2. The number of carbonyl (C=O) groups is 1. The van der Waals surface area contributed by atoms with Gasteiger partial charge in [0.05, 0.1) is 5.69 Å². The van der Waals surface area contributed by atoms with E-state index in [0.29, 0.717) is 18.1 Å². The monoisotopic (exact) mass is 443 g/mol. The van der Waals surface area contributed by atoms with Crippen molar-refractivity contribution in [3.8, 4) is 17.0 Å². The van der Waals surface area contributed by atoms with E-state index in [2.05, 4.69) is 24.0 Å². The summed E-state index contributed by atoms with van der Waals surface area (Å²) < 4.78 is 5.39. The summed E-state index contributed by atoms with van der Waals surface area (Å²) in [6.45, 7) is 6.33. The van der Waals surface area contributed by atoms with Crippen molar-refractivity contribution in [2.45, 2.75) is 90.4 Å². The van der Waals surface area contributed by atoms with Crippen molar-refractivity contribution in [1.82, 2.24) is 4.98 Å². The van der Waals surface area contributed by atoms with E-state index in [4.69, 9.17) is 16.3 Å². The van der Waals surface area contributed by atoms with Crippen LogP contribution in [-0.4, -0.2) is 16.3 Å². The van der Waals surface area contributed by atoms with Gasteiger partial charge in [-0.25, -0.2) is 0 Å². The van der Waals surface area contributed by atoms with Crippen LogP contribution in [-0.2, 0) is 11.2 Å². The molecule has 0 saturated heterocycles. The Morgan fingerprint density at radius 2 is 1.58 bits per heavy atom. The van der Waals surface area contributed by atoms with Crippen LogP contribution in [0.4, 0.5) is 0 Å². The van der Waals surface area contributed by atoms with E-state index in [-0.39, 0.29) is 0 Å². The number of aryl methyl sites for hydroxylation is 1. The Hall–Kier alpha value is -1.87. The van der Waals surface area contributed by atoms with Crippen LogP contribution in [0.15, 0.2) is 42.6 Å². The van der Waals surface area contributed by atoms with Crippen LogP contribution < -0.4 is 4.74 Å². The first-order chi connectivity index (χ1) is 15.0. The summed E-state index contributed by atoms with van der Waals surface area (Å²) in [7, 11) is 0. The van der Waals surface area contributed by atoms with Crippen LogP contribution in [0.1, 0.15) is 84.1 Å². The van der Waals surface area contributed by atoms with Crippen LogP contribution >= 0.6 is 11.6 Å². The lowest BCUT2D eigenvalue weighted by Crippen LogP contribution is -2.22. The van der Waals surface area contributed by atoms with E-state index in [0.717, 1.165) is 17.7 Å². The molecule has 4 heteroatoms. The maximum Gasteiger partial charge on any atom is 0.329 e. The van der Waals surface area contributed by atoms with Gasteiger partial charge in [0.25, 0.3) is 0 Å². The van der Waals surface area contributed by atoms with Crippen LogP contribution in [0.3, 0.4) is 0 Å². The third-order valence-electron chi connectivity index (χ3n) is 5.45. The molecule has 170 valence electrons. The first kappa shape index (κ1) is 25.4. The molecule has 1 aromatic carbocycles. The van der Waals surface area contributed by atoms with Gasteiger partial charge in [-0.3, -0.25) is 9.78 Å². The predicted molar refractivity (Wildman–Crippen MR) is 131 cm³/mol. The third kappa shape index (κ3) is 9.86. The number of hydrogen-bond acceptors (Lipinski definition) is 3. The number of unbranched alkanes of at least 4 members (excludes halogenated alkanes) is 7. The lowest BCUT2D eigenvalue weighted by molar-refractivity contribution is -0.134. The fraction of sp³-hybridized carbons (Fsp3) is 0.556. The van der Waals surface area contributed by atoms with E-state index in [1.807, 2.05) is 32.2 Å². The van der Waals surface area contributed by atoms with Crippen molar-refractivity contribution >= 4 is 17.6 Å². The highest BCUT2D eigenvalue weighted by Gasteiger charge is 2.19. The minimum absolute atomic E-state index is 0.349. The summed E-state index contributed by atoms with van der Waals surface area (Å²) in [6, 6.07) is 11.7. The molecule has 0 aliphatic heterocycles. The van der Waals surface area contributed by atoms with Gasteiger partial charge in [0.1, 0.15) is 11.1 Å². The molecule has 0 aliphatic carbocycles.